The second-order valence-corrected chi connectivity index (χ2v) is 6.64. The molecule has 0 fully saturated rings. The van der Waals surface area contributed by atoms with Gasteiger partial charge in [0.25, 0.3) is 0 Å². The van der Waals surface area contributed by atoms with E-state index in [-0.39, 0.29) is 13.0 Å². The Kier molecular flexibility index (Phi) is 9.51. The lowest BCUT2D eigenvalue weighted by Gasteiger charge is -2.15. The molecule has 0 spiro atoms. The zero-order chi connectivity index (χ0) is 20.9. The predicted molar refractivity (Wildman–Crippen MR) is 110 cm³/mol. The zero-order valence-corrected chi connectivity index (χ0v) is 16.4. The Hall–Kier alpha value is -3.06. The second-order valence-electron chi connectivity index (χ2n) is 6.64. The minimum atomic E-state index is -1.12. The first-order valence-corrected chi connectivity index (χ1v) is 9.70. The van der Waals surface area contributed by atoms with E-state index in [0.29, 0.717) is 13.2 Å². The molecule has 0 aliphatic heterocycles. The van der Waals surface area contributed by atoms with Crippen LogP contribution in [0, 0.1) is 0 Å². The average Bonchev–Trinajstić information content (AvgIpc) is 2.73. The smallest absolute Gasteiger partial charge is 0.408 e. The van der Waals surface area contributed by atoms with Gasteiger partial charge in [0.2, 0.25) is 0 Å². The molecule has 2 rings (SSSR count). The molecule has 0 saturated heterocycles. The fourth-order valence-electron chi connectivity index (χ4n) is 2.68. The number of carbonyl (C=O) groups excluding carboxylic acids is 1. The van der Waals surface area contributed by atoms with E-state index in [9.17, 15) is 14.7 Å². The lowest BCUT2D eigenvalue weighted by Crippen LogP contribution is -2.42. The van der Waals surface area contributed by atoms with Crippen molar-refractivity contribution < 1.29 is 24.2 Å². The van der Waals surface area contributed by atoms with E-state index in [4.69, 9.17) is 15.2 Å². The van der Waals surface area contributed by atoms with Crippen molar-refractivity contribution in [2.24, 2.45) is 5.73 Å². The van der Waals surface area contributed by atoms with Crippen LogP contribution >= 0.6 is 0 Å². The number of nitrogens with two attached hydrogens (primary N) is 1. The van der Waals surface area contributed by atoms with Crippen LogP contribution in [-0.4, -0.2) is 36.4 Å². The SMILES string of the molecule is NCCCCCOc1ccc(CC(NC(=O)OCc2ccccc2)C(=O)O)cc1. The normalized spacial score (nSPS) is 11.5. The van der Waals surface area contributed by atoms with Gasteiger partial charge in [-0.1, -0.05) is 42.5 Å². The zero-order valence-electron chi connectivity index (χ0n) is 16.4. The lowest BCUT2D eigenvalue weighted by atomic mass is 10.1. The van der Waals surface area contributed by atoms with Crippen LogP contribution in [0.25, 0.3) is 0 Å². The van der Waals surface area contributed by atoms with Gasteiger partial charge < -0.3 is 25.6 Å². The first-order valence-electron chi connectivity index (χ1n) is 9.70. The minimum Gasteiger partial charge on any atom is -0.494 e. The minimum absolute atomic E-state index is 0.0797. The Bertz CT molecular complexity index is 750. The van der Waals surface area contributed by atoms with Crippen molar-refractivity contribution in [1.82, 2.24) is 5.32 Å². The molecule has 4 N–H and O–H groups in total. The summed E-state index contributed by atoms with van der Waals surface area (Å²) in [6, 6.07) is 15.3. The summed E-state index contributed by atoms with van der Waals surface area (Å²) in [7, 11) is 0. The molecule has 156 valence electrons. The lowest BCUT2D eigenvalue weighted by molar-refractivity contribution is -0.139. The molecule has 7 nitrogen and oxygen atoms in total. The van der Waals surface area contributed by atoms with Crippen LogP contribution in [0.15, 0.2) is 54.6 Å². The fourth-order valence-corrected chi connectivity index (χ4v) is 2.68. The van der Waals surface area contributed by atoms with E-state index >= 15 is 0 Å². The van der Waals surface area contributed by atoms with Crippen molar-refractivity contribution in [3.8, 4) is 5.75 Å². The van der Waals surface area contributed by atoms with Crippen LogP contribution in [0.3, 0.4) is 0 Å². The van der Waals surface area contributed by atoms with E-state index in [1.165, 1.54) is 0 Å². The summed E-state index contributed by atoms with van der Waals surface area (Å²) in [4.78, 5) is 23.4. The topological polar surface area (TPSA) is 111 Å². The number of hydrogen-bond acceptors (Lipinski definition) is 5. The summed E-state index contributed by atoms with van der Waals surface area (Å²) in [5, 5.41) is 11.8. The number of carboxylic acids is 1. The van der Waals surface area contributed by atoms with Gasteiger partial charge in [-0.25, -0.2) is 9.59 Å². The quantitative estimate of drug-likeness (QED) is 0.472. The molecular weight excluding hydrogens is 372 g/mol. The Balaban J connectivity index is 1.80. The molecular formula is C22H28N2O5. The van der Waals surface area contributed by atoms with Gasteiger partial charge in [-0.15, -0.1) is 0 Å². The molecule has 29 heavy (non-hydrogen) atoms. The Morgan fingerprint density at radius 3 is 2.34 bits per heavy atom. The number of amides is 1. The summed E-state index contributed by atoms with van der Waals surface area (Å²) in [6.45, 7) is 1.38. The number of nitrogens with one attached hydrogen (secondary N) is 1. The molecule has 7 heteroatoms. The molecule has 1 amide bonds. The highest BCUT2D eigenvalue weighted by atomic mass is 16.5. The van der Waals surface area contributed by atoms with Crippen molar-refractivity contribution in [1.29, 1.82) is 0 Å². The highest BCUT2D eigenvalue weighted by Crippen LogP contribution is 2.14. The highest BCUT2D eigenvalue weighted by molar-refractivity contribution is 5.80. The number of carbonyl (C=O) groups is 2. The van der Waals surface area contributed by atoms with Gasteiger partial charge in [0, 0.05) is 6.42 Å². The van der Waals surface area contributed by atoms with Gasteiger partial charge in [0.15, 0.2) is 0 Å². The summed E-state index contributed by atoms with van der Waals surface area (Å²) in [5.74, 6) is -0.398. The molecule has 1 atom stereocenters. The van der Waals surface area contributed by atoms with Crippen LogP contribution < -0.4 is 15.8 Å². The van der Waals surface area contributed by atoms with Crippen LogP contribution in [-0.2, 0) is 22.6 Å². The predicted octanol–water partition coefficient (Wildman–Crippen LogP) is 3.12. The number of aliphatic carboxylic acids is 1. The number of benzene rings is 2. The van der Waals surface area contributed by atoms with E-state index in [1.807, 2.05) is 30.3 Å². The third-order valence-corrected chi connectivity index (χ3v) is 4.28. The monoisotopic (exact) mass is 400 g/mol. The third kappa shape index (κ3) is 8.66. The summed E-state index contributed by atoms with van der Waals surface area (Å²) >= 11 is 0. The van der Waals surface area contributed by atoms with Gasteiger partial charge >= 0.3 is 12.1 Å². The second kappa shape index (κ2) is 12.4. The standard InChI is InChI=1S/C22H28N2O5/c23-13-5-2-6-14-28-19-11-9-17(10-12-19)15-20(21(25)26)24-22(27)29-16-18-7-3-1-4-8-18/h1,3-4,7-12,20H,2,5-6,13-16,23H2,(H,24,27)(H,25,26). The molecule has 0 aliphatic carbocycles. The van der Waals surface area contributed by atoms with Gasteiger partial charge in [-0.05, 0) is 49.1 Å². The molecule has 0 aromatic heterocycles. The van der Waals surface area contributed by atoms with Gasteiger partial charge in [-0.3, -0.25) is 0 Å². The highest BCUT2D eigenvalue weighted by Gasteiger charge is 2.21. The molecule has 0 heterocycles. The molecule has 1 unspecified atom stereocenters. The summed E-state index contributed by atoms with van der Waals surface area (Å²) < 4.78 is 10.7. The maximum Gasteiger partial charge on any atom is 0.408 e. The van der Waals surface area contributed by atoms with Gasteiger partial charge in [-0.2, -0.15) is 0 Å². The Morgan fingerprint density at radius 2 is 1.69 bits per heavy atom. The molecule has 0 saturated carbocycles. The first-order chi connectivity index (χ1) is 14.1. The summed E-state index contributed by atoms with van der Waals surface area (Å²) in [6.07, 6.45) is 2.33. The Labute approximate surface area is 170 Å². The van der Waals surface area contributed by atoms with Crippen molar-refractivity contribution in [3.05, 3.63) is 65.7 Å². The number of rotatable bonds is 12. The van der Waals surface area contributed by atoms with Crippen LogP contribution in [0.4, 0.5) is 4.79 Å². The summed E-state index contributed by atoms with van der Waals surface area (Å²) in [5.41, 5.74) is 7.06. The number of hydrogen-bond donors (Lipinski definition) is 3. The van der Waals surface area contributed by atoms with Crippen LogP contribution in [0.1, 0.15) is 30.4 Å². The van der Waals surface area contributed by atoms with E-state index in [0.717, 1.165) is 36.1 Å². The van der Waals surface area contributed by atoms with Crippen LogP contribution in [0.5, 0.6) is 5.75 Å². The molecule has 2 aromatic rings. The fraction of sp³-hybridized carbons (Fsp3) is 0.364. The maximum atomic E-state index is 11.9. The van der Waals surface area contributed by atoms with Crippen molar-refractivity contribution in [2.75, 3.05) is 13.2 Å². The number of alkyl carbamates (subject to hydrolysis) is 1. The van der Waals surface area contributed by atoms with Crippen molar-refractivity contribution in [2.45, 2.75) is 38.3 Å². The third-order valence-electron chi connectivity index (χ3n) is 4.28. The number of unbranched alkanes of at least 4 members (excludes halogenated alkanes) is 2. The number of carboxylic acid groups (broad SMARTS) is 1. The van der Waals surface area contributed by atoms with E-state index in [1.54, 1.807) is 24.3 Å². The molecule has 2 aromatic carbocycles. The molecule has 0 aliphatic rings. The number of ether oxygens (including phenoxy) is 2. The van der Waals surface area contributed by atoms with Crippen molar-refractivity contribution >= 4 is 12.1 Å². The maximum absolute atomic E-state index is 11.9. The molecule has 0 bridgehead atoms. The molecule has 0 radical (unpaired) electrons. The average molecular weight is 400 g/mol. The van der Waals surface area contributed by atoms with E-state index < -0.39 is 18.1 Å². The van der Waals surface area contributed by atoms with Crippen LogP contribution in [0.2, 0.25) is 0 Å². The van der Waals surface area contributed by atoms with Gasteiger partial charge in [0.1, 0.15) is 18.4 Å². The first kappa shape index (κ1) is 22.2. The van der Waals surface area contributed by atoms with Crippen molar-refractivity contribution in [3.63, 3.8) is 0 Å². The van der Waals surface area contributed by atoms with Gasteiger partial charge in [0.05, 0.1) is 6.61 Å². The Morgan fingerprint density at radius 1 is 0.966 bits per heavy atom. The largest absolute Gasteiger partial charge is 0.494 e. The van der Waals surface area contributed by atoms with E-state index in [2.05, 4.69) is 5.32 Å².